The fraction of sp³-hybridized carbons (Fsp3) is 0.750. The topological polar surface area (TPSA) is 48.7 Å². The largest absolute Gasteiger partial charge is 0.343 e. The summed E-state index contributed by atoms with van der Waals surface area (Å²) in [6.45, 7) is 4.32. The van der Waals surface area contributed by atoms with Crippen LogP contribution in [-0.2, 0) is 7.05 Å². The summed E-state index contributed by atoms with van der Waals surface area (Å²) in [6, 6.07) is 0.375. The van der Waals surface area contributed by atoms with Gasteiger partial charge in [0.1, 0.15) is 17.3 Å². The van der Waals surface area contributed by atoms with Crippen molar-refractivity contribution in [1.82, 2.24) is 14.4 Å². The van der Waals surface area contributed by atoms with Crippen molar-refractivity contribution >= 4 is 29.4 Å². The Morgan fingerprint density at radius 2 is 1.91 bits per heavy atom. The van der Waals surface area contributed by atoms with Crippen LogP contribution in [0, 0.1) is 5.92 Å². The Labute approximate surface area is 143 Å². The average molecular weight is 339 g/mol. The second kappa shape index (κ2) is 6.32. The lowest BCUT2D eigenvalue weighted by Crippen LogP contribution is -2.38. The van der Waals surface area contributed by atoms with E-state index in [4.69, 9.17) is 21.8 Å². The number of hydrogen-bond donors (Lipinski definition) is 1. The molecule has 1 aliphatic heterocycles. The van der Waals surface area contributed by atoms with Crippen molar-refractivity contribution in [3.63, 3.8) is 0 Å². The molecular formula is C16H27ClN6. The molecule has 1 aromatic heterocycles. The van der Waals surface area contributed by atoms with E-state index < -0.39 is 0 Å². The standard InChI is InChI=1S/C16H27ClN6/c1-10(2)21(3)16-18-12-13(20-17)19-14(11-8-6-7-9-11)22(4)15(12)23(16)5/h10-11,13,20H,6-9H2,1-5H3. The van der Waals surface area contributed by atoms with Gasteiger partial charge in [0.25, 0.3) is 0 Å². The van der Waals surface area contributed by atoms with Gasteiger partial charge in [-0.2, -0.15) is 0 Å². The third kappa shape index (κ3) is 2.72. The molecule has 0 amide bonds. The molecule has 1 fully saturated rings. The third-order valence-corrected chi connectivity index (χ3v) is 5.37. The van der Waals surface area contributed by atoms with E-state index in [0.717, 1.165) is 23.3 Å². The SMILES string of the molecule is CC(C)N(C)c1nc2c(n1C)N(C)C(C1CCCC1)=NC2NCl. The first-order valence-electron chi connectivity index (χ1n) is 8.42. The number of fused-ring (bicyclic) bond motifs is 1. The molecule has 1 atom stereocenters. The van der Waals surface area contributed by atoms with E-state index in [0.29, 0.717) is 12.0 Å². The number of nitrogens with zero attached hydrogens (tertiary/aromatic N) is 5. The summed E-state index contributed by atoms with van der Waals surface area (Å²) in [7, 11) is 6.24. The van der Waals surface area contributed by atoms with Crippen LogP contribution in [0.4, 0.5) is 11.8 Å². The molecular weight excluding hydrogens is 312 g/mol. The predicted molar refractivity (Wildman–Crippen MR) is 96.3 cm³/mol. The van der Waals surface area contributed by atoms with Gasteiger partial charge >= 0.3 is 0 Å². The minimum atomic E-state index is -0.279. The number of aromatic nitrogens is 2. The fourth-order valence-corrected chi connectivity index (χ4v) is 3.81. The molecule has 1 aliphatic carbocycles. The van der Waals surface area contributed by atoms with Crippen LogP contribution in [0.3, 0.4) is 0 Å². The second-order valence-electron chi connectivity index (χ2n) is 6.92. The highest BCUT2D eigenvalue weighted by Gasteiger charge is 2.35. The summed E-state index contributed by atoms with van der Waals surface area (Å²) in [4.78, 5) is 16.9. The molecule has 0 bridgehead atoms. The highest BCUT2D eigenvalue weighted by Crippen LogP contribution is 2.38. The number of aliphatic imine (C=N–C) groups is 1. The lowest BCUT2D eigenvalue weighted by molar-refractivity contribution is 0.632. The van der Waals surface area contributed by atoms with Gasteiger partial charge in [-0.15, -0.1) is 0 Å². The zero-order valence-electron chi connectivity index (χ0n) is 14.7. The van der Waals surface area contributed by atoms with Gasteiger partial charge in [0, 0.05) is 33.1 Å². The molecule has 128 valence electrons. The zero-order chi connectivity index (χ0) is 16.7. The molecule has 2 heterocycles. The maximum Gasteiger partial charge on any atom is 0.207 e. The number of imidazole rings is 1. The van der Waals surface area contributed by atoms with Crippen LogP contribution >= 0.6 is 11.8 Å². The molecule has 1 unspecified atom stereocenters. The molecule has 1 saturated carbocycles. The highest BCUT2D eigenvalue weighted by molar-refractivity contribution is 6.14. The van der Waals surface area contributed by atoms with E-state index in [9.17, 15) is 0 Å². The molecule has 1 aromatic rings. The smallest absolute Gasteiger partial charge is 0.207 e. The van der Waals surface area contributed by atoms with Gasteiger partial charge in [0.05, 0.1) is 0 Å². The van der Waals surface area contributed by atoms with Gasteiger partial charge in [0.15, 0.2) is 6.17 Å². The van der Waals surface area contributed by atoms with Gasteiger partial charge in [-0.05, 0) is 38.5 Å². The summed E-state index contributed by atoms with van der Waals surface area (Å²) < 4.78 is 2.15. The fourth-order valence-electron chi connectivity index (χ4n) is 3.65. The van der Waals surface area contributed by atoms with Crippen LogP contribution in [-0.4, -0.2) is 35.5 Å². The van der Waals surface area contributed by atoms with Crippen molar-refractivity contribution < 1.29 is 0 Å². The summed E-state index contributed by atoms with van der Waals surface area (Å²) >= 11 is 5.99. The van der Waals surface area contributed by atoms with Crippen molar-refractivity contribution in [3.8, 4) is 0 Å². The first-order chi connectivity index (χ1) is 11.0. The number of nitrogens with one attached hydrogen (secondary N) is 1. The minimum Gasteiger partial charge on any atom is -0.343 e. The Hall–Kier alpha value is -1.27. The van der Waals surface area contributed by atoms with Crippen LogP contribution in [0.2, 0.25) is 0 Å². The van der Waals surface area contributed by atoms with Crippen LogP contribution in [0.5, 0.6) is 0 Å². The first kappa shape index (κ1) is 16.6. The van der Waals surface area contributed by atoms with Crippen molar-refractivity contribution in [2.75, 3.05) is 23.9 Å². The van der Waals surface area contributed by atoms with Crippen molar-refractivity contribution in [2.45, 2.75) is 51.7 Å². The first-order valence-corrected chi connectivity index (χ1v) is 8.80. The van der Waals surface area contributed by atoms with Gasteiger partial charge in [0.2, 0.25) is 5.95 Å². The normalized spacial score (nSPS) is 21.8. The quantitative estimate of drug-likeness (QED) is 0.857. The second-order valence-corrected chi connectivity index (χ2v) is 7.14. The zero-order valence-corrected chi connectivity index (χ0v) is 15.4. The van der Waals surface area contributed by atoms with Crippen molar-refractivity contribution in [3.05, 3.63) is 5.69 Å². The van der Waals surface area contributed by atoms with Crippen LogP contribution in [0.1, 0.15) is 51.4 Å². The van der Waals surface area contributed by atoms with Gasteiger partial charge in [-0.3, -0.25) is 4.57 Å². The number of amidine groups is 1. The van der Waals surface area contributed by atoms with Crippen LogP contribution < -0.4 is 14.6 Å². The van der Waals surface area contributed by atoms with E-state index >= 15 is 0 Å². The molecule has 3 rings (SSSR count). The summed E-state index contributed by atoms with van der Waals surface area (Å²) in [5, 5.41) is 0. The number of halogens is 1. The van der Waals surface area contributed by atoms with Gasteiger partial charge in [-0.1, -0.05) is 12.8 Å². The Balaban J connectivity index is 2.03. The molecule has 6 nitrogen and oxygen atoms in total. The molecule has 0 spiro atoms. The molecule has 0 aromatic carbocycles. The Morgan fingerprint density at radius 3 is 2.48 bits per heavy atom. The third-order valence-electron chi connectivity index (χ3n) is 5.16. The molecule has 23 heavy (non-hydrogen) atoms. The summed E-state index contributed by atoms with van der Waals surface area (Å²) in [5.41, 5.74) is 0.897. The highest BCUT2D eigenvalue weighted by atomic mass is 35.5. The van der Waals surface area contributed by atoms with Crippen LogP contribution in [0.15, 0.2) is 4.99 Å². The van der Waals surface area contributed by atoms with Crippen LogP contribution in [0.25, 0.3) is 0 Å². The van der Waals surface area contributed by atoms with E-state index in [1.807, 2.05) is 0 Å². The predicted octanol–water partition coefficient (Wildman–Crippen LogP) is 3.05. The van der Waals surface area contributed by atoms with Crippen molar-refractivity contribution in [1.29, 1.82) is 0 Å². The lowest BCUT2D eigenvalue weighted by Gasteiger charge is -2.32. The molecule has 1 N–H and O–H groups in total. The average Bonchev–Trinajstić information content (AvgIpc) is 3.15. The lowest BCUT2D eigenvalue weighted by atomic mass is 10.0. The molecule has 0 saturated heterocycles. The molecule has 0 radical (unpaired) electrons. The van der Waals surface area contributed by atoms with Gasteiger partial charge < -0.3 is 9.80 Å². The number of hydrogen-bond acceptors (Lipinski definition) is 5. The van der Waals surface area contributed by atoms with Gasteiger partial charge in [-0.25, -0.2) is 14.8 Å². The van der Waals surface area contributed by atoms with E-state index in [1.54, 1.807) is 0 Å². The Kier molecular flexibility index (Phi) is 4.56. The monoisotopic (exact) mass is 338 g/mol. The molecule has 7 heteroatoms. The number of anilines is 2. The van der Waals surface area contributed by atoms with E-state index in [2.05, 4.69) is 54.2 Å². The minimum absolute atomic E-state index is 0.279. The summed E-state index contributed by atoms with van der Waals surface area (Å²) in [5.74, 6) is 3.69. The van der Waals surface area contributed by atoms with E-state index in [1.165, 1.54) is 25.7 Å². The van der Waals surface area contributed by atoms with Crippen molar-refractivity contribution in [2.24, 2.45) is 18.0 Å². The molecule has 2 aliphatic rings. The summed E-state index contributed by atoms with van der Waals surface area (Å²) in [6.07, 6.45) is 4.72. The Morgan fingerprint density at radius 1 is 1.26 bits per heavy atom. The maximum atomic E-state index is 5.99. The number of rotatable bonds is 4. The maximum absolute atomic E-state index is 5.99. The Bertz CT molecular complexity index is 602. The van der Waals surface area contributed by atoms with E-state index in [-0.39, 0.29) is 6.17 Å².